The van der Waals surface area contributed by atoms with Crippen molar-refractivity contribution in [2.45, 2.75) is 25.4 Å². The maximum Gasteiger partial charge on any atom is 0.260 e. The number of aryl methyl sites for hydroxylation is 2. The number of carbonyl (C=O) groups is 1. The number of hydrogen-bond donors (Lipinski definition) is 3. The Morgan fingerprint density at radius 3 is 2.85 bits per heavy atom. The molecule has 2 aromatic carbocycles. The SMILES string of the molecule is CCc1sc2nc(SCC(=O)Nc3cc(C)ccc3O)[nH]c(=O)c2c1-c1cccc(OC)c1. The van der Waals surface area contributed by atoms with Crippen LogP contribution in [0.1, 0.15) is 17.4 Å². The van der Waals surface area contributed by atoms with Gasteiger partial charge < -0.3 is 20.1 Å². The van der Waals surface area contributed by atoms with Gasteiger partial charge in [-0.2, -0.15) is 0 Å². The molecule has 0 unspecified atom stereocenters. The van der Waals surface area contributed by atoms with Crippen LogP contribution in [0, 0.1) is 6.92 Å². The molecule has 0 saturated carbocycles. The number of benzene rings is 2. The number of methoxy groups -OCH3 is 1. The van der Waals surface area contributed by atoms with Crippen LogP contribution in [0.2, 0.25) is 0 Å². The van der Waals surface area contributed by atoms with Crippen molar-refractivity contribution in [2.24, 2.45) is 0 Å². The van der Waals surface area contributed by atoms with Crippen molar-refractivity contribution in [3.63, 3.8) is 0 Å². The quantitative estimate of drug-likeness (QED) is 0.196. The monoisotopic (exact) mass is 481 g/mol. The fourth-order valence-electron chi connectivity index (χ4n) is 3.51. The van der Waals surface area contributed by atoms with Gasteiger partial charge in [0.1, 0.15) is 16.3 Å². The average Bonchev–Trinajstić information content (AvgIpc) is 3.19. The van der Waals surface area contributed by atoms with Crippen LogP contribution in [0.5, 0.6) is 11.5 Å². The van der Waals surface area contributed by atoms with Gasteiger partial charge in [-0.15, -0.1) is 11.3 Å². The van der Waals surface area contributed by atoms with Gasteiger partial charge in [-0.25, -0.2) is 4.98 Å². The summed E-state index contributed by atoms with van der Waals surface area (Å²) < 4.78 is 5.34. The van der Waals surface area contributed by atoms with Crippen LogP contribution in [0.25, 0.3) is 21.3 Å². The highest BCUT2D eigenvalue weighted by atomic mass is 32.2. The number of phenols is 1. The molecule has 0 radical (unpaired) electrons. The van der Waals surface area contributed by atoms with Crippen molar-refractivity contribution in [3.05, 3.63) is 63.3 Å². The summed E-state index contributed by atoms with van der Waals surface area (Å²) in [6.07, 6.45) is 0.762. The molecule has 0 saturated heterocycles. The summed E-state index contributed by atoms with van der Waals surface area (Å²) in [4.78, 5) is 34.5. The summed E-state index contributed by atoms with van der Waals surface area (Å²) in [7, 11) is 1.61. The van der Waals surface area contributed by atoms with Crippen LogP contribution in [0.4, 0.5) is 5.69 Å². The molecular weight excluding hydrogens is 458 g/mol. The number of carbonyl (C=O) groups excluding carboxylic acids is 1. The Hall–Kier alpha value is -3.30. The van der Waals surface area contributed by atoms with Crippen LogP contribution >= 0.6 is 23.1 Å². The Kier molecular flexibility index (Phi) is 6.71. The molecule has 0 atom stereocenters. The third kappa shape index (κ3) is 4.89. The highest BCUT2D eigenvalue weighted by Crippen LogP contribution is 2.38. The van der Waals surface area contributed by atoms with Gasteiger partial charge in [-0.3, -0.25) is 9.59 Å². The van der Waals surface area contributed by atoms with E-state index in [1.54, 1.807) is 19.2 Å². The number of thioether (sulfide) groups is 1. The lowest BCUT2D eigenvalue weighted by atomic mass is 10.0. The minimum atomic E-state index is -0.304. The van der Waals surface area contributed by atoms with Gasteiger partial charge in [0.2, 0.25) is 5.91 Å². The van der Waals surface area contributed by atoms with Crippen molar-refractivity contribution in [2.75, 3.05) is 18.2 Å². The number of ether oxygens (including phenoxy) is 1. The predicted molar refractivity (Wildman–Crippen MR) is 134 cm³/mol. The number of fused-ring (bicyclic) bond motifs is 1. The molecule has 33 heavy (non-hydrogen) atoms. The average molecular weight is 482 g/mol. The zero-order valence-electron chi connectivity index (χ0n) is 18.4. The van der Waals surface area contributed by atoms with Crippen LogP contribution in [-0.4, -0.2) is 33.8 Å². The number of aromatic amines is 1. The molecule has 0 fully saturated rings. The van der Waals surface area contributed by atoms with Crippen LogP contribution in [-0.2, 0) is 11.2 Å². The van der Waals surface area contributed by atoms with E-state index in [0.29, 0.717) is 21.1 Å². The number of aromatic hydroxyl groups is 1. The Bertz CT molecular complexity index is 1390. The van der Waals surface area contributed by atoms with E-state index in [2.05, 4.69) is 15.3 Å². The van der Waals surface area contributed by atoms with Crippen molar-refractivity contribution in [3.8, 4) is 22.6 Å². The number of nitrogens with one attached hydrogen (secondary N) is 2. The first-order valence-corrected chi connectivity index (χ1v) is 12.1. The van der Waals surface area contributed by atoms with E-state index in [0.717, 1.165) is 45.5 Å². The van der Waals surface area contributed by atoms with Gasteiger partial charge in [-0.05, 0) is 48.7 Å². The van der Waals surface area contributed by atoms with Crippen LogP contribution in [0.3, 0.4) is 0 Å². The van der Waals surface area contributed by atoms with E-state index in [1.807, 2.05) is 38.1 Å². The van der Waals surface area contributed by atoms with E-state index in [4.69, 9.17) is 4.74 Å². The first-order valence-electron chi connectivity index (χ1n) is 10.3. The van der Waals surface area contributed by atoms with E-state index >= 15 is 0 Å². The van der Waals surface area contributed by atoms with Crippen molar-refractivity contribution < 1.29 is 14.6 Å². The molecule has 4 rings (SSSR count). The third-order valence-electron chi connectivity index (χ3n) is 5.06. The van der Waals surface area contributed by atoms with E-state index in [1.165, 1.54) is 17.4 Å². The number of anilines is 1. The standard InChI is InChI=1S/C24H23N3O4S2/c1-4-18-20(14-6-5-7-15(11-14)31-3)21-22(30)26-24(27-23(21)33-18)32-12-19(29)25-16-10-13(2)8-9-17(16)28/h5-11,28H,4,12H2,1-3H3,(H,25,29)(H,26,27,30). The molecule has 0 spiro atoms. The topological polar surface area (TPSA) is 104 Å². The first kappa shape index (κ1) is 22.9. The Morgan fingerprint density at radius 2 is 2.09 bits per heavy atom. The summed E-state index contributed by atoms with van der Waals surface area (Å²) in [5, 5.41) is 13.5. The summed E-state index contributed by atoms with van der Waals surface area (Å²) in [6.45, 7) is 3.92. The largest absolute Gasteiger partial charge is 0.506 e. The summed E-state index contributed by atoms with van der Waals surface area (Å²) >= 11 is 2.62. The molecule has 3 N–H and O–H groups in total. The van der Waals surface area contributed by atoms with Gasteiger partial charge in [0, 0.05) is 10.4 Å². The van der Waals surface area contributed by atoms with Crippen molar-refractivity contribution >= 4 is 44.9 Å². The second-order valence-corrected chi connectivity index (χ2v) is 9.44. The third-order valence-corrected chi connectivity index (χ3v) is 7.16. The number of aromatic nitrogens is 2. The van der Waals surface area contributed by atoms with E-state index in [-0.39, 0.29) is 23.0 Å². The number of hydrogen-bond acceptors (Lipinski definition) is 7. The molecule has 7 nitrogen and oxygen atoms in total. The van der Waals surface area contributed by atoms with Gasteiger partial charge in [-0.1, -0.05) is 36.9 Å². The lowest BCUT2D eigenvalue weighted by molar-refractivity contribution is -0.113. The molecule has 0 bridgehead atoms. The number of amides is 1. The second kappa shape index (κ2) is 9.68. The maximum absolute atomic E-state index is 13.0. The van der Waals surface area contributed by atoms with E-state index < -0.39 is 0 Å². The van der Waals surface area contributed by atoms with Gasteiger partial charge in [0.25, 0.3) is 5.56 Å². The molecule has 0 aliphatic carbocycles. The van der Waals surface area contributed by atoms with Crippen molar-refractivity contribution in [1.29, 1.82) is 0 Å². The zero-order chi connectivity index (χ0) is 23.5. The fourth-order valence-corrected chi connectivity index (χ4v) is 5.36. The number of H-pyrrole nitrogens is 1. The molecular formula is C24H23N3O4S2. The molecule has 170 valence electrons. The van der Waals surface area contributed by atoms with Gasteiger partial charge in [0.15, 0.2) is 5.16 Å². The lowest BCUT2D eigenvalue weighted by Gasteiger charge is -2.08. The van der Waals surface area contributed by atoms with Crippen LogP contribution in [0.15, 0.2) is 52.4 Å². The summed E-state index contributed by atoms with van der Waals surface area (Å²) in [6, 6.07) is 12.6. The minimum absolute atomic E-state index is 0.00246. The number of phenolic OH excluding ortho intramolecular Hbond substituents is 1. The molecule has 1 amide bonds. The minimum Gasteiger partial charge on any atom is -0.506 e. The number of nitrogens with zero attached hydrogens (tertiary/aromatic N) is 1. The van der Waals surface area contributed by atoms with E-state index in [9.17, 15) is 14.7 Å². The fraction of sp³-hybridized carbons (Fsp3) is 0.208. The Labute approximate surface area is 198 Å². The smallest absolute Gasteiger partial charge is 0.260 e. The molecule has 2 aromatic heterocycles. The zero-order valence-corrected chi connectivity index (χ0v) is 20.0. The summed E-state index contributed by atoms with van der Waals surface area (Å²) in [5.41, 5.74) is 2.81. The second-order valence-electron chi connectivity index (χ2n) is 7.39. The highest BCUT2D eigenvalue weighted by molar-refractivity contribution is 7.99. The van der Waals surface area contributed by atoms with Crippen LogP contribution < -0.4 is 15.6 Å². The highest BCUT2D eigenvalue weighted by Gasteiger charge is 2.19. The van der Waals surface area contributed by atoms with Gasteiger partial charge in [0.05, 0.1) is 23.9 Å². The molecule has 9 heteroatoms. The first-order chi connectivity index (χ1) is 15.9. The molecule has 2 heterocycles. The molecule has 4 aromatic rings. The summed E-state index contributed by atoms with van der Waals surface area (Å²) in [5.74, 6) is 0.455. The number of thiophene rings is 1. The maximum atomic E-state index is 13.0. The molecule has 0 aliphatic heterocycles. The molecule has 0 aliphatic rings. The Morgan fingerprint density at radius 1 is 1.27 bits per heavy atom. The van der Waals surface area contributed by atoms with Gasteiger partial charge >= 0.3 is 0 Å². The normalized spacial score (nSPS) is 11.0. The lowest BCUT2D eigenvalue weighted by Crippen LogP contribution is -2.15. The van der Waals surface area contributed by atoms with Crippen molar-refractivity contribution in [1.82, 2.24) is 9.97 Å². The number of rotatable bonds is 7. The predicted octanol–water partition coefficient (Wildman–Crippen LogP) is 4.97. The Balaban J connectivity index is 1.60.